The van der Waals surface area contributed by atoms with Crippen molar-refractivity contribution in [3.05, 3.63) is 77.6 Å². The zero-order valence-corrected chi connectivity index (χ0v) is 10.5. The maximum Gasteiger partial charge on any atom is 0.392 e. The molecule has 0 atom stereocenters. The summed E-state index contributed by atoms with van der Waals surface area (Å²) in [5, 5.41) is 0. The summed E-state index contributed by atoms with van der Waals surface area (Å²) in [6, 6.07) is 14.2. The average Bonchev–Trinajstić information content (AvgIpc) is 2.41. The molecule has 0 fully saturated rings. The summed E-state index contributed by atoms with van der Waals surface area (Å²) in [6.45, 7) is 0. The molecule has 0 saturated heterocycles. The largest absolute Gasteiger partial charge is 0.392 e. The van der Waals surface area contributed by atoms with Crippen molar-refractivity contribution >= 4 is 5.57 Å². The topological polar surface area (TPSA) is 0 Å². The lowest BCUT2D eigenvalue weighted by atomic mass is 9.97. The van der Waals surface area contributed by atoms with Crippen LogP contribution in [0.3, 0.4) is 0 Å². The molecule has 4 heteroatoms. The van der Waals surface area contributed by atoms with Crippen molar-refractivity contribution in [2.24, 2.45) is 0 Å². The predicted octanol–water partition coefficient (Wildman–Crippen LogP) is 5.21. The molecule has 104 valence electrons. The van der Waals surface area contributed by atoms with Gasteiger partial charge in [0, 0.05) is 0 Å². The van der Waals surface area contributed by atoms with E-state index in [0.29, 0.717) is 16.7 Å². The van der Waals surface area contributed by atoms with Crippen molar-refractivity contribution in [3.8, 4) is 0 Å². The van der Waals surface area contributed by atoms with Gasteiger partial charge in [-0.15, -0.1) is 0 Å². The van der Waals surface area contributed by atoms with Crippen LogP contribution >= 0.6 is 0 Å². The Hall–Kier alpha value is -2.10. The van der Waals surface area contributed by atoms with E-state index < -0.39 is 18.4 Å². The maximum absolute atomic E-state index is 12.9. The summed E-state index contributed by atoms with van der Waals surface area (Å²) in [5.41, 5.74) is 1.67. The van der Waals surface area contributed by atoms with Crippen LogP contribution in [0.15, 0.2) is 60.7 Å². The van der Waals surface area contributed by atoms with Gasteiger partial charge in [-0.1, -0.05) is 48.5 Å². The van der Waals surface area contributed by atoms with Gasteiger partial charge < -0.3 is 0 Å². The van der Waals surface area contributed by atoms with E-state index in [2.05, 4.69) is 0 Å². The number of hydrogen-bond acceptors (Lipinski definition) is 0. The normalized spacial score (nSPS) is 12.5. The van der Waals surface area contributed by atoms with Gasteiger partial charge in [0.2, 0.25) is 0 Å². The first-order valence-electron chi connectivity index (χ1n) is 6.04. The summed E-state index contributed by atoms with van der Waals surface area (Å²) in [7, 11) is 0. The number of alkyl halides is 3. The highest BCUT2D eigenvalue weighted by molar-refractivity contribution is 5.79. The monoisotopic (exact) mass is 280 g/mol. The number of benzene rings is 2. The molecular formula is C16H12F4. The smallest absolute Gasteiger partial charge is 0.207 e. The van der Waals surface area contributed by atoms with Gasteiger partial charge in [0.25, 0.3) is 0 Å². The van der Waals surface area contributed by atoms with Crippen LogP contribution in [0.5, 0.6) is 0 Å². The van der Waals surface area contributed by atoms with Gasteiger partial charge in [0.15, 0.2) is 0 Å². The Morgan fingerprint density at radius 2 is 1.40 bits per heavy atom. The molecule has 0 aliphatic rings. The van der Waals surface area contributed by atoms with Crippen LogP contribution in [0.25, 0.3) is 5.57 Å². The Bertz CT molecular complexity index is 580. The molecule has 0 aromatic heterocycles. The van der Waals surface area contributed by atoms with Crippen molar-refractivity contribution in [1.29, 1.82) is 0 Å². The minimum absolute atomic E-state index is 0.419. The van der Waals surface area contributed by atoms with Crippen molar-refractivity contribution in [2.45, 2.75) is 12.6 Å². The fraction of sp³-hybridized carbons (Fsp3) is 0.125. The molecule has 0 unspecified atom stereocenters. The highest BCUT2D eigenvalue weighted by atomic mass is 19.4. The molecular weight excluding hydrogens is 268 g/mol. The van der Waals surface area contributed by atoms with Crippen molar-refractivity contribution < 1.29 is 17.6 Å². The number of halogens is 4. The third-order valence-electron chi connectivity index (χ3n) is 2.78. The standard InChI is InChI=1S/C16H12F4/c17-14-8-6-13(7-9-14)15(10-11-16(18,19)20)12-4-2-1-3-5-12/h1-10H,11H2. The van der Waals surface area contributed by atoms with Crippen LogP contribution in [0.1, 0.15) is 17.5 Å². The fourth-order valence-electron chi connectivity index (χ4n) is 1.87. The zero-order valence-electron chi connectivity index (χ0n) is 10.5. The zero-order chi connectivity index (χ0) is 14.6. The molecule has 0 saturated carbocycles. The molecule has 0 bridgehead atoms. The van der Waals surface area contributed by atoms with Gasteiger partial charge in [-0.2, -0.15) is 13.2 Å². The van der Waals surface area contributed by atoms with Gasteiger partial charge in [0.05, 0.1) is 6.42 Å². The average molecular weight is 280 g/mol. The van der Waals surface area contributed by atoms with E-state index in [-0.39, 0.29) is 0 Å². The summed E-state index contributed by atoms with van der Waals surface area (Å²) < 4.78 is 50.1. The van der Waals surface area contributed by atoms with E-state index in [4.69, 9.17) is 0 Å². The van der Waals surface area contributed by atoms with Gasteiger partial charge in [-0.25, -0.2) is 4.39 Å². The molecule has 0 radical (unpaired) electrons. The Morgan fingerprint density at radius 1 is 0.850 bits per heavy atom. The van der Waals surface area contributed by atoms with E-state index in [1.165, 1.54) is 24.3 Å². The van der Waals surface area contributed by atoms with Crippen LogP contribution < -0.4 is 0 Å². The van der Waals surface area contributed by atoms with E-state index >= 15 is 0 Å². The van der Waals surface area contributed by atoms with Crippen LogP contribution in [0.2, 0.25) is 0 Å². The molecule has 20 heavy (non-hydrogen) atoms. The molecule has 2 aromatic carbocycles. The lowest BCUT2D eigenvalue weighted by Gasteiger charge is -2.10. The second kappa shape index (κ2) is 5.90. The first kappa shape index (κ1) is 14.3. The van der Waals surface area contributed by atoms with E-state index in [9.17, 15) is 17.6 Å². The quantitative estimate of drug-likeness (QED) is 0.677. The number of hydrogen-bond donors (Lipinski definition) is 0. The third-order valence-corrected chi connectivity index (χ3v) is 2.78. The highest BCUT2D eigenvalue weighted by Gasteiger charge is 2.25. The maximum atomic E-state index is 12.9. The SMILES string of the molecule is Fc1ccc(C(=CCC(F)(F)F)c2ccccc2)cc1. The lowest BCUT2D eigenvalue weighted by molar-refractivity contribution is -0.124. The van der Waals surface area contributed by atoms with Crippen molar-refractivity contribution in [2.75, 3.05) is 0 Å². The molecule has 0 N–H and O–H groups in total. The molecule has 2 rings (SSSR count). The Labute approximate surface area is 114 Å². The first-order chi connectivity index (χ1) is 9.46. The third kappa shape index (κ3) is 3.95. The number of allylic oxidation sites excluding steroid dienone is 1. The minimum atomic E-state index is -4.26. The molecule has 0 nitrogen and oxygen atoms in total. The number of rotatable bonds is 3. The van der Waals surface area contributed by atoms with Gasteiger partial charge >= 0.3 is 6.18 Å². The summed E-state index contributed by atoms with van der Waals surface area (Å²) in [5.74, 6) is -0.419. The summed E-state index contributed by atoms with van der Waals surface area (Å²) in [6.07, 6.45) is -4.16. The highest BCUT2D eigenvalue weighted by Crippen LogP contribution is 2.28. The Kier molecular flexibility index (Phi) is 4.23. The van der Waals surface area contributed by atoms with Crippen molar-refractivity contribution in [3.63, 3.8) is 0 Å². The van der Waals surface area contributed by atoms with E-state index in [1.54, 1.807) is 30.3 Å². The van der Waals surface area contributed by atoms with Gasteiger partial charge in [0.1, 0.15) is 5.82 Å². The van der Waals surface area contributed by atoms with E-state index in [1.807, 2.05) is 0 Å². The van der Waals surface area contributed by atoms with Crippen LogP contribution in [0.4, 0.5) is 17.6 Å². The minimum Gasteiger partial charge on any atom is -0.207 e. The Morgan fingerprint density at radius 3 is 1.95 bits per heavy atom. The molecule has 0 aliphatic heterocycles. The van der Waals surface area contributed by atoms with Gasteiger partial charge in [-0.05, 0) is 28.8 Å². The second-order valence-corrected chi connectivity index (χ2v) is 4.31. The first-order valence-corrected chi connectivity index (χ1v) is 6.04. The summed E-state index contributed by atoms with van der Waals surface area (Å²) >= 11 is 0. The Balaban J connectivity index is 2.42. The van der Waals surface area contributed by atoms with Gasteiger partial charge in [-0.3, -0.25) is 0 Å². The predicted molar refractivity (Wildman–Crippen MR) is 70.6 cm³/mol. The molecule has 0 amide bonds. The molecule has 2 aromatic rings. The fourth-order valence-corrected chi connectivity index (χ4v) is 1.87. The second-order valence-electron chi connectivity index (χ2n) is 4.31. The molecule has 0 heterocycles. The lowest BCUT2D eigenvalue weighted by Crippen LogP contribution is -2.05. The van der Waals surface area contributed by atoms with Crippen LogP contribution in [0, 0.1) is 5.82 Å². The van der Waals surface area contributed by atoms with Crippen LogP contribution in [-0.2, 0) is 0 Å². The molecule has 0 spiro atoms. The van der Waals surface area contributed by atoms with E-state index in [0.717, 1.165) is 6.08 Å². The van der Waals surface area contributed by atoms with Crippen LogP contribution in [-0.4, -0.2) is 6.18 Å². The summed E-state index contributed by atoms with van der Waals surface area (Å²) in [4.78, 5) is 0. The van der Waals surface area contributed by atoms with Crippen molar-refractivity contribution in [1.82, 2.24) is 0 Å². The molecule has 0 aliphatic carbocycles.